The lowest BCUT2D eigenvalue weighted by Gasteiger charge is -2.21. The van der Waals surface area contributed by atoms with Gasteiger partial charge in [-0.3, -0.25) is 0 Å². The SMILES string of the molecule is CC1(C)c2ccccc2-c2c1ccc1c2c2ccccc2n1-c1cc(-c2ccc(C#N)cc2)cc(-c2cc(-c3ccccc3)nc(-c3ccccc3)n2)c1. The lowest BCUT2D eigenvalue weighted by Crippen LogP contribution is -2.14. The predicted octanol–water partition coefficient (Wildman–Crippen LogP) is 12.4. The highest BCUT2D eigenvalue weighted by Gasteiger charge is 2.37. The molecule has 4 nitrogen and oxygen atoms in total. The first-order valence-electron chi connectivity index (χ1n) is 18.3. The highest BCUT2D eigenvalue weighted by atomic mass is 15.0. The van der Waals surface area contributed by atoms with Gasteiger partial charge >= 0.3 is 0 Å². The van der Waals surface area contributed by atoms with Crippen molar-refractivity contribution in [2.75, 3.05) is 0 Å². The molecule has 54 heavy (non-hydrogen) atoms. The molecule has 0 bridgehead atoms. The summed E-state index contributed by atoms with van der Waals surface area (Å²) in [5, 5.41) is 12.1. The summed E-state index contributed by atoms with van der Waals surface area (Å²) < 4.78 is 2.41. The van der Waals surface area contributed by atoms with Crippen LogP contribution in [0.15, 0.2) is 170 Å². The Hall–Kier alpha value is -7.09. The summed E-state index contributed by atoms with van der Waals surface area (Å²) in [5.74, 6) is 0.672. The zero-order chi connectivity index (χ0) is 36.4. The summed E-state index contributed by atoms with van der Waals surface area (Å²) in [5.41, 5.74) is 15.9. The third kappa shape index (κ3) is 4.98. The number of aromatic nitrogens is 3. The van der Waals surface area contributed by atoms with E-state index in [2.05, 4.69) is 134 Å². The van der Waals surface area contributed by atoms with E-state index in [1.807, 2.05) is 60.7 Å². The number of nitrogens with zero attached hydrogens (tertiary/aromatic N) is 4. The average molecular weight is 691 g/mol. The van der Waals surface area contributed by atoms with Gasteiger partial charge in [0.15, 0.2) is 5.82 Å². The van der Waals surface area contributed by atoms with E-state index in [-0.39, 0.29) is 5.41 Å². The van der Waals surface area contributed by atoms with E-state index >= 15 is 0 Å². The molecular weight excluding hydrogens is 657 g/mol. The fourth-order valence-electron chi connectivity index (χ4n) is 8.39. The second-order valence-corrected chi connectivity index (χ2v) is 14.6. The molecule has 2 aromatic heterocycles. The highest BCUT2D eigenvalue weighted by molar-refractivity contribution is 6.18. The van der Waals surface area contributed by atoms with E-state index in [1.165, 1.54) is 33.0 Å². The molecule has 0 atom stereocenters. The summed E-state index contributed by atoms with van der Waals surface area (Å²) >= 11 is 0. The van der Waals surface area contributed by atoms with Gasteiger partial charge in [0.25, 0.3) is 0 Å². The van der Waals surface area contributed by atoms with Gasteiger partial charge in [0.1, 0.15) is 0 Å². The molecule has 0 saturated heterocycles. The van der Waals surface area contributed by atoms with Crippen LogP contribution in [0.5, 0.6) is 0 Å². The van der Waals surface area contributed by atoms with Crippen LogP contribution in [0.4, 0.5) is 0 Å². The zero-order valence-electron chi connectivity index (χ0n) is 30.0. The van der Waals surface area contributed by atoms with E-state index in [0.29, 0.717) is 11.4 Å². The van der Waals surface area contributed by atoms with Crippen LogP contribution in [0.3, 0.4) is 0 Å². The number of para-hydroxylation sites is 1. The number of fused-ring (bicyclic) bond motifs is 7. The molecule has 0 radical (unpaired) electrons. The second-order valence-electron chi connectivity index (χ2n) is 14.6. The maximum Gasteiger partial charge on any atom is 0.160 e. The summed E-state index contributed by atoms with van der Waals surface area (Å²) in [6, 6.07) is 61.7. The Morgan fingerprint density at radius 2 is 1.17 bits per heavy atom. The van der Waals surface area contributed by atoms with Gasteiger partial charge in [-0.2, -0.15) is 5.26 Å². The molecule has 9 aromatic rings. The molecule has 10 rings (SSSR count). The topological polar surface area (TPSA) is 54.5 Å². The van der Waals surface area contributed by atoms with Gasteiger partial charge in [-0.05, 0) is 81.9 Å². The van der Waals surface area contributed by atoms with Crippen LogP contribution in [-0.2, 0) is 5.41 Å². The van der Waals surface area contributed by atoms with Crippen molar-refractivity contribution in [3.8, 4) is 67.9 Å². The quantitative estimate of drug-likeness (QED) is 0.181. The Kier molecular flexibility index (Phi) is 7.18. The van der Waals surface area contributed by atoms with Crippen LogP contribution in [0.25, 0.3) is 83.6 Å². The van der Waals surface area contributed by atoms with E-state index in [9.17, 15) is 5.26 Å². The molecule has 7 aromatic carbocycles. The van der Waals surface area contributed by atoms with Gasteiger partial charge in [0.05, 0.1) is 34.1 Å². The predicted molar refractivity (Wildman–Crippen MR) is 220 cm³/mol. The van der Waals surface area contributed by atoms with Crippen molar-refractivity contribution in [1.82, 2.24) is 14.5 Å². The maximum absolute atomic E-state index is 9.59. The van der Waals surface area contributed by atoms with Crippen LogP contribution in [0.2, 0.25) is 0 Å². The van der Waals surface area contributed by atoms with Crippen molar-refractivity contribution in [3.05, 3.63) is 187 Å². The van der Waals surface area contributed by atoms with Gasteiger partial charge in [-0.15, -0.1) is 0 Å². The molecule has 0 N–H and O–H groups in total. The average Bonchev–Trinajstić information content (AvgIpc) is 3.69. The Bertz CT molecular complexity index is 2890. The third-order valence-corrected chi connectivity index (χ3v) is 11.0. The Morgan fingerprint density at radius 3 is 1.93 bits per heavy atom. The van der Waals surface area contributed by atoms with Crippen LogP contribution < -0.4 is 0 Å². The lowest BCUT2D eigenvalue weighted by atomic mass is 9.82. The van der Waals surface area contributed by atoms with Crippen molar-refractivity contribution in [2.24, 2.45) is 0 Å². The Morgan fingerprint density at radius 1 is 0.519 bits per heavy atom. The van der Waals surface area contributed by atoms with Gasteiger partial charge in [0.2, 0.25) is 0 Å². The van der Waals surface area contributed by atoms with E-state index < -0.39 is 0 Å². The third-order valence-electron chi connectivity index (χ3n) is 11.0. The normalized spacial score (nSPS) is 12.8. The van der Waals surface area contributed by atoms with Crippen LogP contribution in [-0.4, -0.2) is 14.5 Å². The van der Waals surface area contributed by atoms with Crippen molar-refractivity contribution in [1.29, 1.82) is 5.26 Å². The number of hydrogen-bond acceptors (Lipinski definition) is 3. The minimum absolute atomic E-state index is 0.105. The number of benzene rings is 7. The minimum Gasteiger partial charge on any atom is -0.309 e. The fraction of sp³-hybridized carbons (Fsp3) is 0.0600. The molecule has 2 heterocycles. The molecule has 0 saturated carbocycles. The molecule has 0 amide bonds. The fourth-order valence-corrected chi connectivity index (χ4v) is 8.39. The minimum atomic E-state index is -0.105. The van der Waals surface area contributed by atoms with Gasteiger partial charge < -0.3 is 4.57 Å². The first kappa shape index (κ1) is 31.6. The summed E-state index contributed by atoms with van der Waals surface area (Å²) in [6.07, 6.45) is 0. The Labute approximate surface area is 314 Å². The molecule has 0 spiro atoms. The highest BCUT2D eigenvalue weighted by Crippen LogP contribution is 2.53. The van der Waals surface area contributed by atoms with Crippen molar-refractivity contribution < 1.29 is 0 Å². The number of rotatable bonds is 5. The van der Waals surface area contributed by atoms with Crippen LogP contribution in [0, 0.1) is 11.3 Å². The lowest BCUT2D eigenvalue weighted by molar-refractivity contribution is 0.661. The number of nitriles is 1. The van der Waals surface area contributed by atoms with E-state index in [1.54, 1.807) is 0 Å². The molecule has 0 aliphatic heterocycles. The molecule has 4 heteroatoms. The summed E-state index contributed by atoms with van der Waals surface area (Å²) in [6.45, 7) is 4.68. The van der Waals surface area contributed by atoms with Gasteiger partial charge in [0, 0.05) is 38.6 Å². The Balaban J connectivity index is 1.27. The molecule has 254 valence electrons. The monoisotopic (exact) mass is 690 g/mol. The van der Waals surface area contributed by atoms with Crippen molar-refractivity contribution in [3.63, 3.8) is 0 Å². The van der Waals surface area contributed by atoms with E-state index in [4.69, 9.17) is 9.97 Å². The first-order valence-corrected chi connectivity index (χ1v) is 18.3. The van der Waals surface area contributed by atoms with Crippen molar-refractivity contribution in [2.45, 2.75) is 19.3 Å². The van der Waals surface area contributed by atoms with Gasteiger partial charge in [-0.1, -0.05) is 135 Å². The van der Waals surface area contributed by atoms with E-state index in [0.717, 1.165) is 55.9 Å². The summed E-state index contributed by atoms with van der Waals surface area (Å²) in [4.78, 5) is 10.3. The zero-order valence-corrected chi connectivity index (χ0v) is 30.0. The number of hydrogen-bond donors (Lipinski definition) is 0. The summed E-state index contributed by atoms with van der Waals surface area (Å²) in [7, 11) is 0. The smallest absolute Gasteiger partial charge is 0.160 e. The van der Waals surface area contributed by atoms with Crippen molar-refractivity contribution >= 4 is 21.8 Å². The molecule has 1 aliphatic rings. The molecule has 0 fully saturated rings. The standard InChI is InChI=1S/C50H34N4/c1-50(2)41-19-11-9-17-39(41)47-42(50)25-26-46-48(47)40-18-10-12-20-45(40)54(46)38-28-36(33-23-21-32(31-51)22-24-33)27-37(29-38)44-30-43(34-13-5-3-6-14-34)52-49(53-44)35-15-7-4-8-16-35/h3-30H,1-2H3. The molecule has 1 aliphatic carbocycles. The molecular formula is C50H34N4. The second kappa shape index (κ2) is 12.3. The first-order chi connectivity index (χ1) is 26.5. The van der Waals surface area contributed by atoms with Crippen LogP contribution >= 0.6 is 0 Å². The van der Waals surface area contributed by atoms with Crippen LogP contribution in [0.1, 0.15) is 30.5 Å². The molecule has 0 unspecified atom stereocenters. The van der Waals surface area contributed by atoms with Gasteiger partial charge in [-0.25, -0.2) is 9.97 Å². The maximum atomic E-state index is 9.59. The largest absolute Gasteiger partial charge is 0.309 e.